The van der Waals surface area contributed by atoms with E-state index >= 15 is 0 Å². The van der Waals surface area contributed by atoms with Crippen LogP contribution in [0.4, 0.5) is 0 Å². The Morgan fingerprint density at radius 1 is 0.415 bits per heavy atom. The van der Waals surface area contributed by atoms with Crippen molar-refractivity contribution in [3.63, 3.8) is 0 Å². The Kier molecular flexibility index (Phi) is 29.7. The first-order chi connectivity index (χ1) is 37.7. The minimum Gasteiger partial charge on any atom is -0.390 e. The van der Waals surface area contributed by atoms with Gasteiger partial charge in [0.05, 0.1) is 12.6 Å². The summed E-state index contributed by atoms with van der Waals surface area (Å²) in [7, 11) is 9.88. The number of aliphatic hydroxyl groups excluding tert-OH is 1. The molecule has 0 saturated carbocycles. The highest BCUT2D eigenvalue weighted by Gasteiger charge is 2.45. The molecule has 82 heavy (non-hydrogen) atoms. The van der Waals surface area contributed by atoms with Gasteiger partial charge in [0.15, 0.2) is 0 Å². The molecule has 1 fully saturated rings. The number of nitrogens with zero attached hydrogens (tertiary/aromatic N) is 7. The Bertz CT molecular complexity index is 2220. The number of aliphatic hydroxyl groups is 1. The summed E-state index contributed by atoms with van der Waals surface area (Å²) in [6.45, 7) is 29.1. The molecule has 1 saturated heterocycles. The van der Waals surface area contributed by atoms with Crippen LogP contribution in [0.15, 0.2) is 0 Å². The zero-order valence-corrected chi connectivity index (χ0v) is 54.2. The highest BCUT2D eigenvalue weighted by molar-refractivity contribution is 5.99. The van der Waals surface area contributed by atoms with Crippen molar-refractivity contribution in [3.8, 4) is 0 Å². The molecule has 0 bridgehead atoms. The fourth-order valence-electron chi connectivity index (χ4n) is 10.2. The number of nitrogens with one attached hydrogen (secondary N) is 4. The number of hydrogen-bond donors (Lipinski definition) is 5. The molecule has 0 spiro atoms. The molecule has 1 heterocycles. The van der Waals surface area contributed by atoms with Crippen LogP contribution in [0.5, 0.6) is 0 Å². The average Bonchev–Trinajstić information content (AvgIpc) is 3.38. The summed E-state index contributed by atoms with van der Waals surface area (Å²) >= 11 is 0. The van der Waals surface area contributed by atoms with Gasteiger partial charge in [-0.1, -0.05) is 104 Å². The summed E-state index contributed by atoms with van der Waals surface area (Å²) in [5, 5.41) is 22.6. The topological polar surface area (TPSA) is 279 Å². The van der Waals surface area contributed by atoms with Gasteiger partial charge in [-0.15, -0.1) is 0 Å². The van der Waals surface area contributed by atoms with E-state index in [1.165, 1.54) is 87.7 Å². The van der Waals surface area contributed by atoms with Crippen LogP contribution < -0.4 is 21.3 Å². The number of rotatable bonds is 13. The minimum atomic E-state index is -1.58. The van der Waals surface area contributed by atoms with Gasteiger partial charge < -0.3 is 60.7 Å². The van der Waals surface area contributed by atoms with Crippen molar-refractivity contribution in [1.82, 2.24) is 55.6 Å². The van der Waals surface area contributed by atoms with Crippen LogP contribution in [0, 0.1) is 41.4 Å². The van der Waals surface area contributed by atoms with E-state index in [4.69, 9.17) is 0 Å². The predicted octanol–water partition coefficient (Wildman–Crippen LogP) is 2.32. The highest BCUT2D eigenvalue weighted by Crippen LogP contribution is 2.25. The second-order valence-corrected chi connectivity index (χ2v) is 25.6. The zero-order chi connectivity index (χ0) is 63.9. The van der Waals surface area contributed by atoms with Crippen LogP contribution in [0.3, 0.4) is 0 Å². The number of likely N-dealkylation sites (N-methyl/N-ethyl adjacent to an activating group) is 7. The molecule has 0 aliphatic carbocycles. The van der Waals surface area contributed by atoms with Gasteiger partial charge in [-0.25, -0.2) is 0 Å². The summed E-state index contributed by atoms with van der Waals surface area (Å²) in [6, 6.07) is -12.2. The molecule has 0 aromatic rings. The monoisotopic (exact) mass is 1160 g/mol. The lowest BCUT2D eigenvalue weighted by atomic mass is 9.93. The van der Waals surface area contributed by atoms with Gasteiger partial charge in [0, 0.05) is 49.3 Å². The van der Waals surface area contributed by atoms with E-state index in [1.807, 2.05) is 55.4 Å². The maximum Gasteiger partial charge on any atom is 0.246 e. The molecule has 0 radical (unpaired) electrons. The first-order valence-electron chi connectivity index (χ1n) is 29.4. The third-order valence-corrected chi connectivity index (χ3v) is 15.4. The van der Waals surface area contributed by atoms with Gasteiger partial charge in [0.25, 0.3) is 0 Å². The van der Waals surface area contributed by atoms with Crippen LogP contribution in [0.2, 0.25) is 0 Å². The summed E-state index contributed by atoms with van der Waals surface area (Å²) in [5.41, 5.74) is 0. The van der Waals surface area contributed by atoms with Crippen molar-refractivity contribution in [1.29, 1.82) is 0 Å². The first kappa shape index (κ1) is 74.1. The van der Waals surface area contributed by atoms with Gasteiger partial charge in [0.1, 0.15) is 60.4 Å². The zero-order valence-electron chi connectivity index (χ0n) is 54.2. The van der Waals surface area contributed by atoms with Gasteiger partial charge in [-0.05, 0) is 87.4 Å². The van der Waals surface area contributed by atoms with Gasteiger partial charge >= 0.3 is 0 Å². The van der Waals surface area contributed by atoms with Crippen molar-refractivity contribution in [2.45, 2.75) is 216 Å². The van der Waals surface area contributed by atoms with Gasteiger partial charge in [-0.3, -0.25) is 52.7 Å². The molecule has 11 atom stereocenters. The minimum absolute atomic E-state index is 0.0304. The molecular weight excluding hydrogens is 1050 g/mol. The molecule has 0 aromatic carbocycles. The Morgan fingerprint density at radius 3 is 1.23 bits per heavy atom. The molecular formula is C59H107N11O12. The Hall–Kier alpha value is -5.87. The Morgan fingerprint density at radius 2 is 0.805 bits per heavy atom. The second kappa shape index (κ2) is 32.8. The largest absolute Gasteiger partial charge is 0.390 e. The van der Waals surface area contributed by atoms with Crippen molar-refractivity contribution in [3.05, 3.63) is 0 Å². The summed E-state index contributed by atoms with van der Waals surface area (Å²) in [4.78, 5) is 167. The van der Waals surface area contributed by atoms with Crippen molar-refractivity contribution >= 4 is 65.0 Å². The van der Waals surface area contributed by atoms with Crippen LogP contribution in [0.25, 0.3) is 0 Å². The molecule has 0 aromatic heterocycles. The quantitative estimate of drug-likeness (QED) is 0.178. The smallest absolute Gasteiger partial charge is 0.246 e. The lowest BCUT2D eigenvalue weighted by molar-refractivity contribution is -0.157. The Balaban J connectivity index is 4.25. The highest BCUT2D eigenvalue weighted by atomic mass is 16.3. The fraction of sp³-hybridized carbons (Fsp3) is 0.814. The molecule has 1 rings (SSSR count). The van der Waals surface area contributed by atoms with Crippen molar-refractivity contribution in [2.75, 3.05) is 55.9 Å². The fourth-order valence-corrected chi connectivity index (χ4v) is 10.2. The standard InChI is InChI=1S/C59H107N11O12/c1-25-40-55(78)64(18)30-45(71)65(19)41(26-31(2)3)52(75)63-46(35(10)11)58(81)66(20)42(27-32(4)5)51(74)60-38(16)50(73)61-39(17)54(77)67(21)43(28-33(6)7)56(79)68(22)44(29-34(8)9)57(80)69(23)47(36(12)13)59(82)70(24)48(53(76)62-40)49(72)37(14)15/h31-44,46-49,72H,25-30H2,1-24H3,(H,60,74)(H,61,73)(H,62,76)(H,63,75)/t38-,39+,40-,41-,42-,43-,44-,46-,47-,48-,49?/m0/s1. The van der Waals surface area contributed by atoms with Crippen molar-refractivity contribution in [2.24, 2.45) is 41.4 Å². The van der Waals surface area contributed by atoms with Crippen molar-refractivity contribution < 1.29 is 57.8 Å². The first-order valence-corrected chi connectivity index (χ1v) is 29.4. The van der Waals surface area contributed by atoms with Crippen LogP contribution >= 0.6 is 0 Å². The van der Waals surface area contributed by atoms with E-state index in [0.29, 0.717) is 0 Å². The van der Waals surface area contributed by atoms with E-state index < -0.39 is 156 Å². The molecule has 1 unspecified atom stereocenters. The van der Waals surface area contributed by atoms with E-state index in [1.54, 1.807) is 48.5 Å². The molecule has 470 valence electrons. The van der Waals surface area contributed by atoms with Crippen LogP contribution in [0.1, 0.15) is 150 Å². The number of hydrogen-bond acceptors (Lipinski definition) is 12. The lowest BCUT2D eigenvalue weighted by Crippen LogP contribution is -2.63. The lowest BCUT2D eigenvalue weighted by Gasteiger charge is -2.41. The van der Waals surface area contributed by atoms with E-state index in [-0.39, 0.29) is 55.8 Å². The van der Waals surface area contributed by atoms with Crippen LogP contribution in [-0.2, 0) is 52.7 Å². The third-order valence-electron chi connectivity index (χ3n) is 15.4. The third kappa shape index (κ3) is 20.2. The van der Waals surface area contributed by atoms with Gasteiger partial charge in [0.2, 0.25) is 65.0 Å². The van der Waals surface area contributed by atoms with E-state index in [9.17, 15) is 57.8 Å². The Labute approximate surface area is 490 Å². The SMILES string of the molecule is CC[C@@H]1NC(=O)[C@H](C(O)C(C)C)N(C)C(=O)[C@H](C(C)C)N(C)C(=O)[C@H](CC(C)C)N(C)C(=O)[C@H](CC(C)C)N(C)C(=O)[C@@H](C)NC(=O)[C@H](C)NC(=O)[C@H](CC(C)C)N(C)C(=O)[C@H](C(C)C)NC(=O)[C@H](CC(C)C)N(C)C(=O)CN(C)C1=O. The number of carbonyl (C=O) groups excluding carboxylic acids is 11. The molecule has 1 aliphatic heterocycles. The summed E-state index contributed by atoms with van der Waals surface area (Å²) < 4.78 is 0. The normalized spacial score (nSPS) is 27.0. The molecule has 23 nitrogen and oxygen atoms in total. The number of amides is 11. The molecule has 1 aliphatic rings. The summed E-state index contributed by atoms with van der Waals surface area (Å²) in [6.07, 6.45) is -0.807. The maximum absolute atomic E-state index is 15.0. The number of carbonyl (C=O) groups is 11. The molecule has 5 N–H and O–H groups in total. The second-order valence-electron chi connectivity index (χ2n) is 25.6. The average molecular weight is 1160 g/mol. The maximum atomic E-state index is 15.0. The van der Waals surface area contributed by atoms with E-state index in [2.05, 4.69) is 21.3 Å². The molecule has 11 amide bonds. The predicted molar refractivity (Wildman–Crippen MR) is 315 cm³/mol. The summed E-state index contributed by atoms with van der Waals surface area (Å²) in [5.74, 6) is -9.64. The van der Waals surface area contributed by atoms with E-state index in [0.717, 1.165) is 9.80 Å². The van der Waals surface area contributed by atoms with Gasteiger partial charge in [-0.2, -0.15) is 0 Å². The molecule has 23 heteroatoms. The van der Waals surface area contributed by atoms with Crippen LogP contribution in [-0.4, -0.2) is 227 Å².